The van der Waals surface area contributed by atoms with E-state index in [1.807, 2.05) is 6.07 Å². The number of hydrogen-bond donors (Lipinski definition) is 2. The third-order valence-corrected chi connectivity index (χ3v) is 5.98. The summed E-state index contributed by atoms with van der Waals surface area (Å²) >= 11 is 0. The van der Waals surface area contributed by atoms with E-state index in [1.54, 1.807) is 17.3 Å². The van der Waals surface area contributed by atoms with Crippen LogP contribution < -0.4 is 5.32 Å². The van der Waals surface area contributed by atoms with E-state index >= 15 is 0 Å². The third kappa shape index (κ3) is 2.77. The number of rotatable bonds is 5. The Morgan fingerprint density at radius 3 is 2.92 bits per heavy atom. The molecule has 2 atom stereocenters. The maximum absolute atomic E-state index is 13.2. The Labute approximate surface area is 153 Å². The first-order chi connectivity index (χ1) is 12.6. The van der Waals surface area contributed by atoms with Crippen LogP contribution >= 0.6 is 0 Å². The van der Waals surface area contributed by atoms with Crippen molar-refractivity contribution in [2.75, 3.05) is 0 Å². The van der Waals surface area contributed by atoms with Crippen LogP contribution in [-0.4, -0.2) is 38.8 Å². The predicted octanol–water partition coefficient (Wildman–Crippen LogP) is 2.99. The SMILES string of the molecule is CC[C@H](C)[C@H](C(=O)NC1CCCC1)N1Cc2ccnc3[nH]cc(c23)C1=O. The van der Waals surface area contributed by atoms with Gasteiger partial charge in [0.2, 0.25) is 5.91 Å². The van der Waals surface area contributed by atoms with Gasteiger partial charge in [-0.1, -0.05) is 33.1 Å². The highest BCUT2D eigenvalue weighted by atomic mass is 16.2. The van der Waals surface area contributed by atoms with E-state index in [-0.39, 0.29) is 23.8 Å². The Morgan fingerprint density at radius 1 is 1.42 bits per heavy atom. The van der Waals surface area contributed by atoms with Crippen LogP contribution in [0.3, 0.4) is 0 Å². The molecule has 1 aliphatic heterocycles. The summed E-state index contributed by atoms with van der Waals surface area (Å²) in [5.41, 5.74) is 2.41. The first kappa shape index (κ1) is 17.1. The average molecular weight is 354 g/mol. The minimum atomic E-state index is -0.445. The first-order valence-electron chi connectivity index (χ1n) is 9.66. The molecular formula is C20H26N4O2. The fraction of sp³-hybridized carbons (Fsp3) is 0.550. The van der Waals surface area contributed by atoms with Crippen LogP contribution in [0.25, 0.3) is 11.0 Å². The fourth-order valence-corrected chi connectivity index (χ4v) is 4.35. The molecule has 2 N–H and O–H groups in total. The molecule has 2 amide bonds. The zero-order valence-corrected chi connectivity index (χ0v) is 15.4. The van der Waals surface area contributed by atoms with Crippen LogP contribution in [0.5, 0.6) is 0 Å². The van der Waals surface area contributed by atoms with E-state index < -0.39 is 6.04 Å². The number of aromatic nitrogens is 2. The average Bonchev–Trinajstić information content (AvgIpc) is 3.29. The molecule has 1 aliphatic carbocycles. The summed E-state index contributed by atoms with van der Waals surface area (Å²) in [6, 6.07) is 1.76. The van der Waals surface area contributed by atoms with Crippen molar-refractivity contribution in [1.29, 1.82) is 0 Å². The van der Waals surface area contributed by atoms with Crippen molar-refractivity contribution in [1.82, 2.24) is 20.2 Å². The summed E-state index contributed by atoms with van der Waals surface area (Å²) in [6.45, 7) is 4.58. The second-order valence-corrected chi connectivity index (χ2v) is 7.65. The standard InChI is InChI=1S/C20H26N4O2/c1-3-12(2)17(19(25)23-14-6-4-5-7-14)24-11-13-8-9-21-18-16(13)15(10-22-18)20(24)26/h8-10,12,14,17H,3-7,11H2,1-2H3,(H,21,22)(H,23,25)/t12-,17+/m0/s1. The van der Waals surface area contributed by atoms with Gasteiger partial charge in [0, 0.05) is 30.4 Å². The number of nitrogens with one attached hydrogen (secondary N) is 2. The van der Waals surface area contributed by atoms with Gasteiger partial charge in [0.15, 0.2) is 0 Å². The van der Waals surface area contributed by atoms with E-state index in [0.717, 1.165) is 35.9 Å². The molecule has 1 fully saturated rings. The van der Waals surface area contributed by atoms with Gasteiger partial charge in [-0.25, -0.2) is 4.98 Å². The van der Waals surface area contributed by atoms with E-state index in [4.69, 9.17) is 0 Å². The molecule has 0 bridgehead atoms. The number of pyridine rings is 1. The Kier molecular flexibility index (Phi) is 4.42. The van der Waals surface area contributed by atoms with Gasteiger partial charge in [0.1, 0.15) is 11.7 Å². The Bertz CT molecular complexity index is 837. The van der Waals surface area contributed by atoms with Gasteiger partial charge in [0.25, 0.3) is 5.91 Å². The Morgan fingerprint density at radius 2 is 2.19 bits per heavy atom. The largest absolute Gasteiger partial charge is 0.352 e. The molecule has 0 spiro atoms. The number of hydrogen-bond acceptors (Lipinski definition) is 3. The van der Waals surface area contributed by atoms with Crippen molar-refractivity contribution >= 4 is 22.8 Å². The lowest BCUT2D eigenvalue weighted by molar-refractivity contribution is -0.128. The molecule has 1 saturated carbocycles. The summed E-state index contributed by atoms with van der Waals surface area (Å²) in [6.07, 6.45) is 8.74. The van der Waals surface area contributed by atoms with Gasteiger partial charge in [-0.15, -0.1) is 0 Å². The van der Waals surface area contributed by atoms with Gasteiger partial charge < -0.3 is 15.2 Å². The number of amides is 2. The zero-order chi connectivity index (χ0) is 18.3. The first-order valence-corrected chi connectivity index (χ1v) is 9.66. The minimum absolute atomic E-state index is 0.0103. The maximum atomic E-state index is 13.2. The topological polar surface area (TPSA) is 78.1 Å². The summed E-state index contributed by atoms with van der Waals surface area (Å²) in [7, 11) is 0. The van der Waals surface area contributed by atoms with Crippen LogP contribution in [-0.2, 0) is 11.3 Å². The van der Waals surface area contributed by atoms with Crippen molar-refractivity contribution in [2.24, 2.45) is 5.92 Å². The number of H-pyrrole nitrogens is 1. The third-order valence-electron chi connectivity index (χ3n) is 5.98. The lowest BCUT2D eigenvalue weighted by Gasteiger charge is -2.37. The predicted molar refractivity (Wildman–Crippen MR) is 99.6 cm³/mol. The Hall–Kier alpha value is -2.37. The molecule has 2 aliphatic rings. The second-order valence-electron chi connectivity index (χ2n) is 7.65. The van der Waals surface area contributed by atoms with Crippen LogP contribution in [0.4, 0.5) is 0 Å². The molecule has 6 nitrogen and oxygen atoms in total. The van der Waals surface area contributed by atoms with E-state index in [1.165, 1.54) is 12.8 Å². The molecule has 0 radical (unpaired) electrons. The molecule has 2 aromatic heterocycles. The number of carbonyl (C=O) groups excluding carboxylic acids is 2. The monoisotopic (exact) mass is 354 g/mol. The number of aromatic amines is 1. The molecule has 0 saturated heterocycles. The van der Waals surface area contributed by atoms with Gasteiger partial charge >= 0.3 is 0 Å². The van der Waals surface area contributed by atoms with Crippen molar-refractivity contribution in [2.45, 2.75) is 64.6 Å². The Balaban J connectivity index is 1.65. The highest BCUT2D eigenvalue weighted by molar-refractivity contribution is 6.10. The number of nitrogens with zero attached hydrogens (tertiary/aromatic N) is 2. The smallest absolute Gasteiger partial charge is 0.257 e. The molecule has 3 heterocycles. The lowest BCUT2D eigenvalue weighted by Crippen LogP contribution is -2.54. The van der Waals surface area contributed by atoms with Crippen LogP contribution in [0.15, 0.2) is 18.5 Å². The molecule has 26 heavy (non-hydrogen) atoms. The molecular weight excluding hydrogens is 328 g/mol. The molecule has 0 aromatic carbocycles. The van der Waals surface area contributed by atoms with Gasteiger partial charge in [-0.3, -0.25) is 9.59 Å². The summed E-state index contributed by atoms with van der Waals surface area (Å²) < 4.78 is 0. The highest BCUT2D eigenvalue weighted by Gasteiger charge is 2.38. The van der Waals surface area contributed by atoms with Crippen molar-refractivity contribution in [3.05, 3.63) is 29.6 Å². The molecule has 2 aromatic rings. The van der Waals surface area contributed by atoms with Gasteiger partial charge in [0.05, 0.1) is 5.56 Å². The second kappa shape index (κ2) is 6.74. The van der Waals surface area contributed by atoms with E-state index in [9.17, 15) is 9.59 Å². The minimum Gasteiger partial charge on any atom is -0.352 e. The summed E-state index contributed by atoms with van der Waals surface area (Å²) in [5, 5.41) is 4.10. The number of carbonyl (C=O) groups is 2. The summed E-state index contributed by atoms with van der Waals surface area (Å²) in [4.78, 5) is 35.4. The van der Waals surface area contributed by atoms with Crippen LogP contribution in [0.1, 0.15) is 61.9 Å². The summed E-state index contributed by atoms with van der Waals surface area (Å²) in [5.74, 6) is 0.00526. The molecule has 4 rings (SSSR count). The van der Waals surface area contributed by atoms with Crippen LogP contribution in [0.2, 0.25) is 0 Å². The fourth-order valence-electron chi connectivity index (χ4n) is 4.35. The molecule has 138 valence electrons. The lowest BCUT2D eigenvalue weighted by atomic mass is 9.92. The van der Waals surface area contributed by atoms with E-state index in [0.29, 0.717) is 12.1 Å². The van der Waals surface area contributed by atoms with Crippen LogP contribution in [0, 0.1) is 5.92 Å². The molecule has 0 unspecified atom stereocenters. The van der Waals surface area contributed by atoms with Crippen molar-refractivity contribution in [3.63, 3.8) is 0 Å². The maximum Gasteiger partial charge on any atom is 0.257 e. The van der Waals surface area contributed by atoms with E-state index in [2.05, 4.69) is 29.1 Å². The highest BCUT2D eigenvalue weighted by Crippen LogP contribution is 2.32. The van der Waals surface area contributed by atoms with Gasteiger partial charge in [-0.2, -0.15) is 0 Å². The normalized spacial score (nSPS) is 19.8. The zero-order valence-electron chi connectivity index (χ0n) is 15.4. The quantitative estimate of drug-likeness (QED) is 0.866. The van der Waals surface area contributed by atoms with Crippen molar-refractivity contribution < 1.29 is 9.59 Å². The van der Waals surface area contributed by atoms with Crippen molar-refractivity contribution in [3.8, 4) is 0 Å². The van der Waals surface area contributed by atoms with Gasteiger partial charge in [-0.05, 0) is 30.4 Å². The molecule has 6 heteroatoms.